The van der Waals surface area contributed by atoms with Crippen molar-refractivity contribution in [3.63, 3.8) is 0 Å². The number of rotatable bonds is 10. The molecule has 3 heteroatoms. The number of unbranched alkanes of at least 4 members (excludes halogenated alkanes) is 1. The zero-order valence-electron chi connectivity index (χ0n) is 13.1. The monoisotopic (exact) mass is 279 g/mol. The molecule has 0 bridgehead atoms. The molecule has 0 radical (unpaired) electrons. The van der Waals surface area contributed by atoms with E-state index >= 15 is 0 Å². The quantitative estimate of drug-likeness (QED) is 0.644. The summed E-state index contributed by atoms with van der Waals surface area (Å²) in [4.78, 5) is 0. The number of hydrogen-bond donors (Lipinski definition) is 2. The van der Waals surface area contributed by atoms with E-state index in [4.69, 9.17) is 4.74 Å². The van der Waals surface area contributed by atoms with Crippen molar-refractivity contribution >= 4 is 0 Å². The maximum atomic E-state index is 10.2. The van der Waals surface area contributed by atoms with E-state index in [1.54, 1.807) is 0 Å². The Hall–Kier alpha value is -1.06. The topological polar surface area (TPSA) is 41.5 Å². The molecule has 2 N–H and O–H groups in total. The highest BCUT2D eigenvalue weighted by Crippen LogP contribution is 2.15. The summed E-state index contributed by atoms with van der Waals surface area (Å²) in [6, 6.07) is 8.17. The van der Waals surface area contributed by atoms with Crippen LogP contribution in [0.4, 0.5) is 0 Å². The first-order valence-electron chi connectivity index (χ1n) is 7.78. The molecule has 0 atom stereocenters. The Labute approximate surface area is 123 Å². The lowest BCUT2D eigenvalue weighted by Gasteiger charge is -2.25. The molecule has 0 fully saturated rings. The maximum Gasteiger partial charge on any atom is 0.119 e. The first-order chi connectivity index (χ1) is 9.63. The van der Waals surface area contributed by atoms with Crippen LogP contribution in [0.2, 0.25) is 0 Å². The van der Waals surface area contributed by atoms with E-state index in [-0.39, 0.29) is 0 Å². The molecule has 0 heterocycles. The lowest BCUT2D eigenvalue weighted by atomic mass is 9.97. The highest BCUT2D eigenvalue weighted by Gasteiger charge is 2.20. The Kier molecular flexibility index (Phi) is 7.63. The first kappa shape index (κ1) is 17.0. The van der Waals surface area contributed by atoms with Gasteiger partial charge >= 0.3 is 0 Å². The molecule has 0 amide bonds. The van der Waals surface area contributed by atoms with E-state index in [0.717, 1.165) is 44.6 Å². The van der Waals surface area contributed by atoms with Gasteiger partial charge in [-0.25, -0.2) is 0 Å². The largest absolute Gasteiger partial charge is 0.494 e. The average molecular weight is 279 g/mol. The fraction of sp³-hybridized carbons (Fsp3) is 0.647. The van der Waals surface area contributed by atoms with Gasteiger partial charge in [0.15, 0.2) is 0 Å². The maximum absolute atomic E-state index is 10.2. The minimum absolute atomic E-state index is 0.580. The summed E-state index contributed by atoms with van der Waals surface area (Å²) < 4.78 is 5.63. The van der Waals surface area contributed by atoms with Crippen LogP contribution in [0.25, 0.3) is 0 Å². The summed E-state index contributed by atoms with van der Waals surface area (Å²) in [5.74, 6) is 0.931. The Balaban J connectivity index is 2.34. The summed E-state index contributed by atoms with van der Waals surface area (Å²) >= 11 is 0. The van der Waals surface area contributed by atoms with Crippen LogP contribution < -0.4 is 10.1 Å². The van der Waals surface area contributed by atoms with Crippen molar-refractivity contribution in [2.24, 2.45) is 0 Å². The lowest BCUT2D eigenvalue weighted by Crippen LogP contribution is -2.39. The van der Waals surface area contributed by atoms with Gasteiger partial charge in [0.1, 0.15) is 5.75 Å². The molecule has 1 aromatic carbocycles. The Morgan fingerprint density at radius 3 is 2.30 bits per heavy atom. The zero-order chi connectivity index (χ0) is 14.8. The van der Waals surface area contributed by atoms with E-state index in [2.05, 4.69) is 24.4 Å². The van der Waals surface area contributed by atoms with Crippen LogP contribution in [0.15, 0.2) is 24.3 Å². The molecular weight excluding hydrogens is 250 g/mol. The van der Waals surface area contributed by atoms with Crippen LogP contribution in [0.3, 0.4) is 0 Å². The third-order valence-corrected chi connectivity index (χ3v) is 3.79. The number of aliphatic hydroxyl groups is 1. The molecule has 1 rings (SSSR count). The fourth-order valence-corrected chi connectivity index (χ4v) is 1.98. The molecule has 0 unspecified atom stereocenters. The lowest BCUT2D eigenvalue weighted by molar-refractivity contribution is 0.0323. The summed E-state index contributed by atoms with van der Waals surface area (Å²) in [5, 5.41) is 13.5. The van der Waals surface area contributed by atoms with Gasteiger partial charge in [-0.05, 0) is 37.0 Å². The predicted octanol–water partition coefficient (Wildman–Crippen LogP) is 3.51. The SMILES string of the molecule is CCCCOc1ccc(CNCC(O)(CC)CC)cc1. The van der Waals surface area contributed by atoms with Gasteiger partial charge < -0.3 is 15.2 Å². The number of ether oxygens (including phenoxy) is 1. The average Bonchev–Trinajstić information content (AvgIpc) is 2.49. The third-order valence-electron chi connectivity index (χ3n) is 3.79. The van der Waals surface area contributed by atoms with Gasteiger partial charge in [-0.15, -0.1) is 0 Å². The minimum atomic E-state index is -0.580. The van der Waals surface area contributed by atoms with Crippen LogP contribution >= 0.6 is 0 Å². The summed E-state index contributed by atoms with van der Waals surface area (Å²) in [6.07, 6.45) is 3.80. The Morgan fingerprint density at radius 2 is 1.75 bits per heavy atom. The third kappa shape index (κ3) is 5.93. The van der Waals surface area contributed by atoms with Gasteiger partial charge in [-0.3, -0.25) is 0 Å². The molecule has 0 aliphatic heterocycles. The van der Waals surface area contributed by atoms with Crippen LogP contribution in [-0.2, 0) is 6.54 Å². The summed E-state index contributed by atoms with van der Waals surface area (Å²) in [5.41, 5.74) is 0.630. The molecule has 3 nitrogen and oxygen atoms in total. The van der Waals surface area contributed by atoms with Crippen LogP contribution in [-0.4, -0.2) is 23.9 Å². The van der Waals surface area contributed by atoms with Crippen LogP contribution in [0.1, 0.15) is 52.0 Å². The van der Waals surface area contributed by atoms with Crippen molar-refractivity contribution in [1.29, 1.82) is 0 Å². The molecule has 0 aliphatic rings. The van der Waals surface area contributed by atoms with Gasteiger partial charge in [0.2, 0.25) is 0 Å². The molecule has 114 valence electrons. The summed E-state index contributed by atoms with van der Waals surface area (Å²) in [6.45, 7) is 8.40. The second-order valence-corrected chi connectivity index (χ2v) is 5.38. The van der Waals surface area contributed by atoms with Crippen molar-refractivity contribution in [1.82, 2.24) is 5.32 Å². The van der Waals surface area contributed by atoms with Crippen molar-refractivity contribution in [2.45, 2.75) is 58.6 Å². The second-order valence-electron chi connectivity index (χ2n) is 5.38. The number of benzene rings is 1. The van der Waals surface area contributed by atoms with Gasteiger partial charge in [-0.2, -0.15) is 0 Å². The van der Waals surface area contributed by atoms with Crippen molar-refractivity contribution < 1.29 is 9.84 Å². The van der Waals surface area contributed by atoms with Crippen LogP contribution in [0, 0.1) is 0 Å². The van der Waals surface area contributed by atoms with Crippen molar-refractivity contribution in [2.75, 3.05) is 13.2 Å². The van der Waals surface area contributed by atoms with E-state index < -0.39 is 5.60 Å². The molecule has 0 saturated carbocycles. The molecule has 0 spiro atoms. The first-order valence-corrected chi connectivity index (χ1v) is 7.78. The highest BCUT2D eigenvalue weighted by molar-refractivity contribution is 5.27. The normalized spacial score (nSPS) is 11.6. The zero-order valence-corrected chi connectivity index (χ0v) is 13.1. The fourth-order valence-electron chi connectivity index (χ4n) is 1.98. The molecule has 0 saturated heterocycles. The van der Waals surface area contributed by atoms with E-state index in [9.17, 15) is 5.11 Å². The Bertz CT molecular complexity index is 358. The van der Waals surface area contributed by atoms with Gasteiger partial charge in [0.25, 0.3) is 0 Å². The molecule has 1 aromatic rings. The smallest absolute Gasteiger partial charge is 0.119 e. The van der Waals surface area contributed by atoms with Crippen molar-refractivity contribution in [3.05, 3.63) is 29.8 Å². The van der Waals surface area contributed by atoms with E-state index in [1.807, 2.05) is 26.0 Å². The second kappa shape index (κ2) is 8.98. The van der Waals surface area contributed by atoms with E-state index in [1.165, 1.54) is 5.56 Å². The van der Waals surface area contributed by atoms with Crippen molar-refractivity contribution in [3.8, 4) is 5.75 Å². The predicted molar refractivity (Wildman–Crippen MR) is 84.1 cm³/mol. The van der Waals surface area contributed by atoms with E-state index in [0.29, 0.717) is 6.54 Å². The Morgan fingerprint density at radius 1 is 1.10 bits per heavy atom. The molecule has 0 aromatic heterocycles. The summed E-state index contributed by atoms with van der Waals surface area (Å²) in [7, 11) is 0. The molecule has 0 aliphatic carbocycles. The molecule has 20 heavy (non-hydrogen) atoms. The van der Waals surface area contributed by atoms with Gasteiger partial charge in [-0.1, -0.05) is 39.3 Å². The number of hydrogen-bond acceptors (Lipinski definition) is 3. The number of nitrogens with one attached hydrogen (secondary N) is 1. The molecular formula is C17H29NO2. The van der Waals surface area contributed by atoms with Gasteiger partial charge in [0, 0.05) is 13.1 Å². The van der Waals surface area contributed by atoms with Gasteiger partial charge in [0.05, 0.1) is 12.2 Å². The van der Waals surface area contributed by atoms with Crippen LogP contribution in [0.5, 0.6) is 5.75 Å². The minimum Gasteiger partial charge on any atom is -0.494 e. The standard InChI is InChI=1S/C17H29NO2/c1-4-7-12-20-16-10-8-15(9-11-16)13-18-14-17(19,5-2)6-3/h8-11,18-19H,4-7,12-14H2,1-3H3. The highest BCUT2D eigenvalue weighted by atomic mass is 16.5.